The SMILES string of the molecule is CCOC(=O)C12C(=O)/C(=C/c3ccc(C)o3)SC1C2NC(=O)c1ccccc1. The summed E-state index contributed by atoms with van der Waals surface area (Å²) in [5.74, 6) is 0.0617. The van der Waals surface area contributed by atoms with Crippen LogP contribution in [0.5, 0.6) is 0 Å². The van der Waals surface area contributed by atoms with Gasteiger partial charge in [0.05, 0.1) is 22.8 Å². The highest BCUT2D eigenvalue weighted by Crippen LogP contribution is 2.65. The summed E-state index contributed by atoms with van der Waals surface area (Å²) < 4.78 is 10.7. The van der Waals surface area contributed by atoms with Crippen molar-refractivity contribution in [2.45, 2.75) is 25.1 Å². The lowest BCUT2D eigenvalue weighted by Gasteiger charge is -2.14. The van der Waals surface area contributed by atoms with Crippen LogP contribution >= 0.6 is 11.8 Å². The second-order valence-electron chi connectivity index (χ2n) is 6.73. The van der Waals surface area contributed by atoms with Gasteiger partial charge in [-0.2, -0.15) is 0 Å². The summed E-state index contributed by atoms with van der Waals surface area (Å²) in [5.41, 5.74) is -0.885. The van der Waals surface area contributed by atoms with Gasteiger partial charge in [-0.1, -0.05) is 18.2 Å². The number of benzene rings is 1. The van der Waals surface area contributed by atoms with E-state index in [4.69, 9.17) is 9.15 Å². The molecular weight excluding hydrogens is 378 g/mol. The number of esters is 1. The molecule has 1 saturated heterocycles. The third-order valence-corrected chi connectivity index (χ3v) is 6.41. The van der Waals surface area contributed by atoms with Gasteiger partial charge in [-0.05, 0) is 44.2 Å². The summed E-state index contributed by atoms with van der Waals surface area (Å²) in [6.07, 6.45) is 1.64. The Morgan fingerprint density at radius 1 is 1.25 bits per heavy atom. The first-order chi connectivity index (χ1) is 13.5. The molecule has 28 heavy (non-hydrogen) atoms. The summed E-state index contributed by atoms with van der Waals surface area (Å²) in [7, 11) is 0. The molecule has 6 nitrogen and oxygen atoms in total. The Hall–Kier alpha value is -2.80. The third-order valence-electron chi connectivity index (χ3n) is 4.96. The smallest absolute Gasteiger partial charge is 0.323 e. The highest BCUT2D eigenvalue weighted by atomic mass is 32.2. The number of ether oxygens (including phenoxy) is 1. The van der Waals surface area contributed by atoms with Gasteiger partial charge in [0, 0.05) is 5.56 Å². The van der Waals surface area contributed by atoms with E-state index in [1.54, 1.807) is 49.4 Å². The van der Waals surface area contributed by atoms with Crippen LogP contribution in [0.1, 0.15) is 28.8 Å². The van der Waals surface area contributed by atoms with E-state index in [0.717, 1.165) is 5.76 Å². The molecule has 2 aliphatic rings. The van der Waals surface area contributed by atoms with Crippen LogP contribution in [-0.2, 0) is 14.3 Å². The van der Waals surface area contributed by atoms with Crippen molar-refractivity contribution in [2.24, 2.45) is 5.41 Å². The van der Waals surface area contributed by atoms with Crippen LogP contribution in [0.2, 0.25) is 0 Å². The third kappa shape index (κ3) is 2.86. The molecule has 4 rings (SSSR count). The van der Waals surface area contributed by atoms with E-state index in [1.165, 1.54) is 11.8 Å². The molecule has 2 aromatic rings. The fourth-order valence-electron chi connectivity index (χ4n) is 3.53. The van der Waals surface area contributed by atoms with E-state index in [-0.39, 0.29) is 23.5 Å². The van der Waals surface area contributed by atoms with Crippen molar-refractivity contribution in [3.8, 4) is 0 Å². The summed E-state index contributed by atoms with van der Waals surface area (Å²) in [6, 6.07) is 11.7. The Morgan fingerprint density at radius 3 is 2.64 bits per heavy atom. The Kier molecular flexibility index (Phi) is 4.63. The minimum atomic E-state index is -1.36. The molecule has 1 aromatic heterocycles. The summed E-state index contributed by atoms with van der Waals surface area (Å²) in [5, 5.41) is 2.46. The number of carbonyl (C=O) groups is 3. The van der Waals surface area contributed by atoms with Crippen LogP contribution < -0.4 is 5.32 Å². The molecule has 1 aliphatic heterocycles. The normalized spacial score (nSPS) is 26.8. The van der Waals surface area contributed by atoms with Crippen molar-refractivity contribution in [3.05, 3.63) is 64.5 Å². The summed E-state index contributed by atoms with van der Waals surface area (Å²) in [4.78, 5) is 38.8. The molecule has 1 amide bonds. The number of Topliss-reactive ketones (excluding diaryl/α,β-unsaturated/α-hetero) is 1. The van der Waals surface area contributed by atoms with E-state index < -0.39 is 17.4 Å². The first-order valence-corrected chi connectivity index (χ1v) is 9.89. The average Bonchev–Trinajstić information content (AvgIpc) is 2.93. The van der Waals surface area contributed by atoms with Crippen LogP contribution in [0.3, 0.4) is 0 Å². The predicted octanol–water partition coefficient (Wildman–Crippen LogP) is 2.98. The number of hydrogen-bond donors (Lipinski definition) is 1. The number of nitrogens with one attached hydrogen (secondary N) is 1. The van der Waals surface area contributed by atoms with Crippen LogP contribution in [0, 0.1) is 12.3 Å². The van der Waals surface area contributed by atoms with Gasteiger partial charge < -0.3 is 14.5 Å². The first-order valence-electron chi connectivity index (χ1n) is 9.01. The highest BCUT2D eigenvalue weighted by Gasteiger charge is 2.80. The minimum Gasteiger partial charge on any atom is -0.465 e. The molecule has 2 heterocycles. The molecule has 1 aromatic carbocycles. The van der Waals surface area contributed by atoms with E-state index in [0.29, 0.717) is 16.2 Å². The molecule has 3 unspecified atom stereocenters. The molecule has 1 aliphatic carbocycles. The number of carbonyl (C=O) groups excluding carboxylic acids is 3. The lowest BCUT2D eigenvalue weighted by molar-refractivity contribution is -0.152. The van der Waals surface area contributed by atoms with E-state index in [2.05, 4.69) is 5.32 Å². The quantitative estimate of drug-likeness (QED) is 0.474. The van der Waals surface area contributed by atoms with Gasteiger partial charge in [-0.15, -0.1) is 11.8 Å². The molecule has 3 atom stereocenters. The maximum Gasteiger partial charge on any atom is 0.323 e. The zero-order valence-electron chi connectivity index (χ0n) is 15.4. The zero-order valence-corrected chi connectivity index (χ0v) is 16.2. The Bertz CT molecular complexity index is 980. The van der Waals surface area contributed by atoms with Crippen LogP contribution in [0.4, 0.5) is 0 Å². The molecule has 144 valence electrons. The van der Waals surface area contributed by atoms with Gasteiger partial charge in [0.2, 0.25) is 0 Å². The molecule has 0 bridgehead atoms. The van der Waals surface area contributed by atoms with Gasteiger partial charge in [-0.25, -0.2) is 0 Å². The number of rotatable bonds is 5. The van der Waals surface area contributed by atoms with Crippen molar-refractivity contribution in [1.82, 2.24) is 5.32 Å². The molecule has 1 saturated carbocycles. The van der Waals surface area contributed by atoms with Crippen molar-refractivity contribution >= 4 is 35.5 Å². The lowest BCUT2D eigenvalue weighted by atomic mass is 9.99. The number of thioether (sulfide) groups is 1. The number of hydrogen-bond acceptors (Lipinski definition) is 6. The maximum absolute atomic E-state index is 13.1. The number of aryl methyl sites for hydroxylation is 1. The number of amides is 1. The van der Waals surface area contributed by atoms with Gasteiger partial charge >= 0.3 is 5.97 Å². The molecular formula is C21H19NO5S. The zero-order chi connectivity index (χ0) is 19.9. The van der Waals surface area contributed by atoms with Gasteiger partial charge in [0.1, 0.15) is 11.5 Å². The van der Waals surface area contributed by atoms with Crippen molar-refractivity contribution in [3.63, 3.8) is 0 Å². The average molecular weight is 397 g/mol. The number of allylic oxidation sites excluding steroid dienone is 1. The Labute approximate surface area is 166 Å². The number of fused-ring (bicyclic) bond motifs is 1. The van der Waals surface area contributed by atoms with E-state index in [9.17, 15) is 14.4 Å². The largest absolute Gasteiger partial charge is 0.465 e. The van der Waals surface area contributed by atoms with Crippen LogP contribution in [0.25, 0.3) is 6.08 Å². The monoisotopic (exact) mass is 397 g/mol. The molecule has 0 radical (unpaired) electrons. The van der Waals surface area contributed by atoms with Crippen molar-refractivity contribution in [2.75, 3.05) is 6.61 Å². The van der Waals surface area contributed by atoms with Gasteiger partial charge in [0.25, 0.3) is 5.91 Å². The fraction of sp³-hybridized carbons (Fsp3) is 0.286. The second kappa shape index (κ2) is 6.98. The molecule has 7 heteroatoms. The predicted molar refractivity (Wildman–Crippen MR) is 105 cm³/mol. The summed E-state index contributed by atoms with van der Waals surface area (Å²) in [6.45, 7) is 3.68. The Morgan fingerprint density at radius 2 is 2.00 bits per heavy atom. The van der Waals surface area contributed by atoms with Crippen molar-refractivity contribution in [1.29, 1.82) is 0 Å². The highest BCUT2D eigenvalue weighted by molar-refractivity contribution is 8.06. The maximum atomic E-state index is 13.1. The molecule has 1 N–H and O–H groups in total. The molecule has 0 spiro atoms. The number of furan rings is 1. The number of ketones is 1. The Balaban J connectivity index is 1.59. The van der Waals surface area contributed by atoms with Gasteiger partial charge in [-0.3, -0.25) is 14.4 Å². The standard InChI is InChI=1S/C21H19NO5S/c1-3-26-20(25)21-16(22-19(24)13-7-5-4-6-8-13)18(21)28-15(17(21)23)11-14-10-9-12(2)27-14/h4-11,16,18H,3H2,1-2H3,(H,22,24)/b15-11-. The topological polar surface area (TPSA) is 85.6 Å². The van der Waals surface area contributed by atoms with Crippen LogP contribution in [-0.4, -0.2) is 35.6 Å². The minimum absolute atomic E-state index is 0.168. The summed E-state index contributed by atoms with van der Waals surface area (Å²) >= 11 is 1.29. The van der Waals surface area contributed by atoms with Crippen molar-refractivity contribution < 1.29 is 23.5 Å². The molecule has 2 fully saturated rings. The van der Waals surface area contributed by atoms with Crippen LogP contribution in [0.15, 0.2) is 51.8 Å². The van der Waals surface area contributed by atoms with E-state index >= 15 is 0 Å². The first kappa shape index (κ1) is 18.6. The second-order valence-corrected chi connectivity index (χ2v) is 7.91. The van der Waals surface area contributed by atoms with E-state index in [1.807, 2.05) is 13.0 Å². The lowest BCUT2D eigenvalue weighted by Crippen LogP contribution is -2.38. The van der Waals surface area contributed by atoms with Gasteiger partial charge in [0.15, 0.2) is 11.2 Å². The fourth-order valence-corrected chi connectivity index (χ4v) is 5.14.